The number of nitrogens with zero attached hydrogens (tertiary/aromatic N) is 1. The first-order valence-corrected chi connectivity index (χ1v) is 12.4. The first kappa shape index (κ1) is 23.3. The maximum Gasteiger partial charge on any atom is 0.185 e. The van der Waals surface area contributed by atoms with E-state index in [1.165, 1.54) is 6.42 Å². The molecule has 0 aliphatic heterocycles. The molecule has 31 heavy (non-hydrogen) atoms. The number of nitrogens with two attached hydrogens (primary N) is 2. The highest BCUT2D eigenvalue weighted by Gasteiger charge is 2.67. The van der Waals surface area contributed by atoms with Gasteiger partial charge in [-0.3, -0.25) is 9.83 Å². The average Bonchev–Trinajstić information content (AvgIpc) is 2.99. The lowest BCUT2D eigenvalue weighted by Gasteiger charge is -2.63. The highest BCUT2D eigenvalue weighted by atomic mass is 16.6. The van der Waals surface area contributed by atoms with Crippen molar-refractivity contribution in [2.75, 3.05) is 13.2 Å². The molecule has 0 aromatic carbocycles. The molecule has 0 amide bonds. The summed E-state index contributed by atoms with van der Waals surface area (Å²) < 4.78 is 0. The van der Waals surface area contributed by atoms with Crippen LogP contribution in [0.25, 0.3) is 0 Å². The van der Waals surface area contributed by atoms with E-state index >= 15 is 0 Å². The van der Waals surface area contributed by atoms with Gasteiger partial charge in [-0.15, -0.1) is 0 Å². The van der Waals surface area contributed by atoms with Crippen molar-refractivity contribution < 1.29 is 15.1 Å². The third kappa shape index (κ3) is 3.79. The fourth-order valence-corrected chi connectivity index (χ4v) is 8.54. The third-order valence-corrected chi connectivity index (χ3v) is 10.3. The van der Waals surface area contributed by atoms with Gasteiger partial charge < -0.3 is 21.7 Å². The molecule has 3 unspecified atom stereocenters. The summed E-state index contributed by atoms with van der Waals surface area (Å²) in [6.07, 6.45) is 9.30. The van der Waals surface area contributed by atoms with Crippen molar-refractivity contribution in [2.45, 2.75) is 96.3 Å². The quantitative estimate of drug-likeness (QED) is 0.188. The third-order valence-electron chi connectivity index (χ3n) is 10.3. The van der Waals surface area contributed by atoms with E-state index in [1.807, 2.05) is 0 Å². The second kappa shape index (κ2) is 8.47. The molecule has 0 bridgehead atoms. The fraction of sp³-hybridized carbons (Fsp3) is 0.958. The van der Waals surface area contributed by atoms with Gasteiger partial charge in [-0.25, -0.2) is 0 Å². The van der Waals surface area contributed by atoms with Gasteiger partial charge in [0.25, 0.3) is 0 Å². The minimum absolute atomic E-state index is 0.0812. The van der Waals surface area contributed by atoms with E-state index in [4.69, 9.17) is 16.3 Å². The summed E-state index contributed by atoms with van der Waals surface area (Å²) in [7, 11) is 0. The lowest BCUT2D eigenvalue weighted by Crippen LogP contribution is -2.63. The minimum Gasteiger partial charge on any atom is -0.393 e. The molecule has 9 atom stereocenters. The molecule has 4 rings (SSSR count). The number of rotatable bonds is 6. The van der Waals surface area contributed by atoms with Crippen molar-refractivity contribution in [2.24, 2.45) is 51.0 Å². The normalized spacial score (nSPS) is 47.7. The summed E-state index contributed by atoms with van der Waals surface area (Å²) in [6.45, 7) is 7.83. The first-order chi connectivity index (χ1) is 14.6. The summed E-state index contributed by atoms with van der Waals surface area (Å²) in [4.78, 5) is 9.60. The van der Waals surface area contributed by atoms with E-state index in [1.54, 1.807) is 0 Å². The van der Waals surface area contributed by atoms with Crippen LogP contribution in [0, 0.1) is 34.5 Å². The van der Waals surface area contributed by atoms with E-state index < -0.39 is 5.60 Å². The number of aliphatic hydroxyl groups is 2. The summed E-state index contributed by atoms with van der Waals surface area (Å²) in [5, 5.41) is 22.5. The minimum atomic E-state index is -0.598. The van der Waals surface area contributed by atoms with Crippen LogP contribution < -0.4 is 16.9 Å². The lowest BCUT2D eigenvalue weighted by molar-refractivity contribution is -0.213. The van der Waals surface area contributed by atoms with Crippen molar-refractivity contribution in [1.82, 2.24) is 5.48 Å². The predicted octanol–water partition coefficient (Wildman–Crippen LogP) is 2.30. The smallest absolute Gasteiger partial charge is 0.185 e. The Hall–Kier alpha value is -0.890. The van der Waals surface area contributed by atoms with Gasteiger partial charge in [0.15, 0.2) is 5.96 Å². The maximum absolute atomic E-state index is 12.2. The molecular weight excluding hydrogens is 392 g/mol. The number of guanidine groups is 1. The van der Waals surface area contributed by atoms with Crippen molar-refractivity contribution >= 4 is 5.96 Å². The summed E-state index contributed by atoms with van der Waals surface area (Å²) in [5.74, 6) is 2.03. The van der Waals surface area contributed by atoms with Crippen LogP contribution in [-0.2, 0) is 4.84 Å². The van der Waals surface area contributed by atoms with Gasteiger partial charge in [0.2, 0.25) is 0 Å². The standard InChI is InChI=1S/C24H44N4O3/c1-15(28-31-13-12-27-21(25)26)18-8-11-24(30)20-5-4-16-14-17(29)6-9-22(16,2)19(20)7-10-23(18,24)3/h15-20,28-30H,4-14H2,1-3H3,(H4,25,26,27)/t15?,16?,17?,18-,19+,20-,22+,23-,24-/m1/s1. The Balaban J connectivity index is 1.45. The van der Waals surface area contributed by atoms with Crippen LogP contribution in [0.15, 0.2) is 4.99 Å². The molecule has 4 aliphatic carbocycles. The molecule has 4 aliphatic rings. The number of hydroxylamine groups is 1. The molecule has 7 heteroatoms. The van der Waals surface area contributed by atoms with Gasteiger partial charge in [0.1, 0.15) is 0 Å². The number of aliphatic imine (C=N–C) groups is 1. The number of aliphatic hydroxyl groups excluding tert-OH is 1. The van der Waals surface area contributed by atoms with Crippen molar-refractivity contribution in [3.05, 3.63) is 0 Å². The molecule has 0 radical (unpaired) electrons. The SMILES string of the molecule is CC(NOCCN=C(N)N)[C@H]1CC[C@@]2(O)[C@@H]3CCC4CC(O)CC[C@]4(C)[C@H]3CC[C@]12C. The van der Waals surface area contributed by atoms with Crippen molar-refractivity contribution in [3.8, 4) is 0 Å². The van der Waals surface area contributed by atoms with E-state index in [0.29, 0.717) is 36.8 Å². The van der Waals surface area contributed by atoms with E-state index in [0.717, 1.165) is 51.4 Å². The Morgan fingerprint density at radius 1 is 1.10 bits per heavy atom. The van der Waals surface area contributed by atoms with Gasteiger partial charge in [-0.2, -0.15) is 5.48 Å². The first-order valence-electron chi connectivity index (χ1n) is 12.4. The van der Waals surface area contributed by atoms with Crippen LogP contribution in [-0.4, -0.2) is 47.1 Å². The fourth-order valence-electron chi connectivity index (χ4n) is 8.54. The largest absolute Gasteiger partial charge is 0.393 e. The summed E-state index contributed by atoms with van der Waals surface area (Å²) >= 11 is 0. The maximum atomic E-state index is 12.2. The molecule has 4 fully saturated rings. The predicted molar refractivity (Wildman–Crippen MR) is 122 cm³/mol. The van der Waals surface area contributed by atoms with Crippen LogP contribution in [0.3, 0.4) is 0 Å². The Morgan fingerprint density at radius 3 is 2.61 bits per heavy atom. The van der Waals surface area contributed by atoms with Crippen molar-refractivity contribution in [3.63, 3.8) is 0 Å². The second-order valence-electron chi connectivity index (χ2n) is 11.5. The van der Waals surface area contributed by atoms with Crippen LogP contribution in [0.4, 0.5) is 0 Å². The van der Waals surface area contributed by atoms with Crippen molar-refractivity contribution in [1.29, 1.82) is 0 Å². The highest BCUT2D eigenvalue weighted by molar-refractivity contribution is 5.75. The molecule has 0 spiro atoms. The molecule has 0 aromatic heterocycles. The molecule has 0 aromatic rings. The zero-order chi connectivity index (χ0) is 22.4. The van der Waals surface area contributed by atoms with Crippen LogP contribution in [0.5, 0.6) is 0 Å². The zero-order valence-electron chi connectivity index (χ0n) is 19.6. The Labute approximate surface area is 187 Å². The molecule has 7 nitrogen and oxygen atoms in total. The number of hydrogen-bond acceptors (Lipinski definition) is 5. The van der Waals surface area contributed by atoms with Gasteiger partial charge in [-0.05, 0) is 93.8 Å². The summed E-state index contributed by atoms with van der Waals surface area (Å²) in [6, 6.07) is 0.159. The molecule has 4 saturated carbocycles. The molecular formula is C24H44N4O3. The number of nitrogens with one attached hydrogen (secondary N) is 1. The zero-order valence-corrected chi connectivity index (χ0v) is 19.6. The van der Waals surface area contributed by atoms with E-state index in [2.05, 4.69) is 31.2 Å². The number of hydrogen-bond donors (Lipinski definition) is 5. The second-order valence-corrected chi connectivity index (χ2v) is 11.5. The van der Waals surface area contributed by atoms with Crippen LogP contribution in [0.2, 0.25) is 0 Å². The number of fused-ring (bicyclic) bond motifs is 5. The molecule has 7 N–H and O–H groups in total. The molecule has 0 heterocycles. The molecule has 178 valence electrons. The molecule has 0 saturated heterocycles. The Kier molecular flexibility index (Phi) is 6.36. The lowest BCUT2D eigenvalue weighted by atomic mass is 9.43. The Bertz CT molecular complexity index is 686. The van der Waals surface area contributed by atoms with Gasteiger partial charge in [-0.1, -0.05) is 13.8 Å². The monoisotopic (exact) mass is 436 g/mol. The van der Waals surface area contributed by atoms with Crippen LogP contribution in [0.1, 0.15) is 78.6 Å². The van der Waals surface area contributed by atoms with Crippen LogP contribution >= 0.6 is 0 Å². The Morgan fingerprint density at radius 2 is 1.87 bits per heavy atom. The van der Waals surface area contributed by atoms with Gasteiger partial charge >= 0.3 is 0 Å². The van der Waals surface area contributed by atoms with Gasteiger partial charge in [0.05, 0.1) is 24.9 Å². The topological polar surface area (TPSA) is 126 Å². The van der Waals surface area contributed by atoms with E-state index in [-0.39, 0.29) is 28.9 Å². The average molecular weight is 437 g/mol. The van der Waals surface area contributed by atoms with E-state index in [9.17, 15) is 10.2 Å². The van der Waals surface area contributed by atoms with Gasteiger partial charge in [0, 0.05) is 11.5 Å². The summed E-state index contributed by atoms with van der Waals surface area (Å²) in [5.41, 5.74) is 13.5. The highest BCUT2D eigenvalue weighted by Crippen LogP contribution is 2.69.